The van der Waals surface area contributed by atoms with Crippen molar-refractivity contribution >= 4 is 11.6 Å². The topological polar surface area (TPSA) is 83.1 Å². The number of nitrogens with two attached hydrogens (primary N) is 1. The van der Waals surface area contributed by atoms with Gasteiger partial charge in [0, 0.05) is 25.3 Å². The molecule has 1 aliphatic rings. The highest BCUT2D eigenvalue weighted by atomic mass is 16.5. The van der Waals surface area contributed by atoms with Gasteiger partial charge in [0.15, 0.2) is 5.96 Å². The van der Waals surface area contributed by atoms with E-state index >= 15 is 0 Å². The van der Waals surface area contributed by atoms with Crippen LogP contribution in [0.1, 0.15) is 31.7 Å². The molecule has 1 aromatic carbocycles. The SMILES string of the molecule is CCC(C)c1ccc(NC(N)=NCC(O)CN2CCOCC2)cc1. The van der Waals surface area contributed by atoms with E-state index in [1.165, 1.54) is 5.56 Å². The third-order valence-corrected chi connectivity index (χ3v) is 4.41. The Kier molecular flexibility index (Phi) is 7.49. The molecule has 2 rings (SSSR count). The number of ether oxygens (including phenoxy) is 1. The number of β-amino-alcohol motifs (C(OH)–C–C–N with tert-alkyl or cyclic N) is 1. The highest BCUT2D eigenvalue weighted by Gasteiger charge is 2.14. The van der Waals surface area contributed by atoms with E-state index in [-0.39, 0.29) is 0 Å². The quantitative estimate of drug-likeness (QED) is 0.521. The van der Waals surface area contributed by atoms with E-state index in [0.717, 1.165) is 38.4 Å². The summed E-state index contributed by atoms with van der Waals surface area (Å²) in [5.41, 5.74) is 8.13. The van der Waals surface area contributed by atoms with Crippen molar-refractivity contribution < 1.29 is 9.84 Å². The average Bonchev–Trinajstić information content (AvgIpc) is 2.61. The fraction of sp³-hybridized carbons (Fsp3) is 0.611. The van der Waals surface area contributed by atoms with Crippen LogP contribution >= 0.6 is 0 Å². The minimum Gasteiger partial charge on any atom is -0.390 e. The van der Waals surface area contributed by atoms with Crippen LogP contribution in [0.4, 0.5) is 5.69 Å². The summed E-state index contributed by atoms with van der Waals surface area (Å²) in [7, 11) is 0. The largest absolute Gasteiger partial charge is 0.390 e. The van der Waals surface area contributed by atoms with Gasteiger partial charge < -0.3 is 20.9 Å². The molecule has 6 heteroatoms. The van der Waals surface area contributed by atoms with Crippen LogP contribution in [0, 0.1) is 0 Å². The van der Waals surface area contributed by atoms with Crippen molar-refractivity contribution in [2.24, 2.45) is 10.7 Å². The lowest BCUT2D eigenvalue weighted by atomic mass is 9.99. The van der Waals surface area contributed by atoms with Crippen LogP contribution in [0.2, 0.25) is 0 Å². The Labute approximate surface area is 144 Å². The van der Waals surface area contributed by atoms with E-state index in [1.54, 1.807) is 0 Å². The summed E-state index contributed by atoms with van der Waals surface area (Å²) in [6.07, 6.45) is 0.605. The van der Waals surface area contributed by atoms with Crippen molar-refractivity contribution in [1.82, 2.24) is 4.90 Å². The molecule has 24 heavy (non-hydrogen) atoms. The average molecular weight is 334 g/mol. The molecule has 4 N–H and O–H groups in total. The van der Waals surface area contributed by atoms with Crippen LogP contribution in [-0.4, -0.2) is 61.5 Å². The predicted molar refractivity (Wildman–Crippen MR) is 98.5 cm³/mol. The van der Waals surface area contributed by atoms with Gasteiger partial charge in [0.05, 0.1) is 25.9 Å². The fourth-order valence-electron chi connectivity index (χ4n) is 2.66. The molecular weight excluding hydrogens is 304 g/mol. The monoisotopic (exact) mass is 334 g/mol. The number of nitrogens with zero attached hydrogens (tertiary/aromatic N) is 2. The lowest BCUT2D eigenvalue weighted by Crippen LogP contribution is -2.42. The van der Waals surface area contributed by atoms with Crippen molar-refractivity contribution in [2.45, 2.75) is 32.3 Å². The highest BCUT2D eigenvalue weighted by Crippen LogP contribution is 2.20. The van der Waals surface area contributed by atoms with Gasteiger partial charge in [-0.2, -0.15) is 0 Å². The zero-order valence-electron chi connectivity index (χ0n) is 14.7. The number of anilines is 1. The zero-order chi connectivity index (χ0) is 17.4. The zero-order valence-corrected chi connectivity index (χ0v) is 14.7. The molecule has 1 aliphatic heterocycles. The number of aliphatic hydroxyl groups excluding tert-OH is 1. The summed E-state index contributed by atoms with van der Waals surface area (Å²) in [6.45, 7) is 8.47. The smallest absolute Gasteiger partial charge is 0.193 e. The van der Waals surface area contributed by atoms with Crippen molar-refractivity contribution in [3.63, 3.8) is 0 Å². The van der Waals surface area contributed by atoms with Crippen molar-refractivity contribution in [2.75, 3.05) is 44.7 Å². The van der Waals surface area contributed by atoms with Crippen LogP contribution in [-0.2, 0) is 4.74 Å². The van der Waals surface area contributed by atoms with Gasteiger partial charge in [0.1, 0.15) is 0 Å². The summed E-state index contributed by atoms with van der Waals surface area (Å²) < 4.78 is 5.30. The van der Waals surface area contributed by atoms with Crippen LogP contribution in [0.3, 0.4) is 0 Å². The number of hydrogen-bond acceptors (Lipinski definition) is 4. The van der Waals surface area contributed by atoms with Gasteiger partial charge in [0.2, 0.25) is 0 Å². The molecule has 0 radical (unpaired) electrons. The van der Waals surface area contributed by atoms with Gasteiger partial charge in [-0.3, -0.25) is 9.89 Å². The first-order valence-corrected chi connectivity index (χ1v) is 8.73. The normalized spacial score (nSPS) is 19.0. The van der Waals surface area contributed by atoms with Gasteiger partial charge in [-0.25, -0.2) is 0 Å². The molecule has 2 atom stereocenters. The van der Waals surface area contributed by atoms with Crippen molar-refractivity contribution in [1.29, 1.82) is 0 Å². The maximum absolute atomic E-state index is 10.1. The maximum atomic E-state index is 10.1. The molecule has 2 unspecified atom stereocenters. The second-order valence-electron chi connectivity index (χ2n) is 6.35. The van der Waals surface area contributed by atoms with Gasteiger partial charge in [0.25, 0.3) is 0 Å². The lowest BCUT2D eigenvalue weighted by molar-refractivity contribution is 0.0165. The van der Waals surface area contributed by atoms with Crippen LogP contribution in [0.15, 0.2) is 29.3 Å². The number of rotatable bonds is 7. The Morgan fingerprint density at radius 2 is 2.00 bits per heavy atom. The highest BCUT2D eigenvalue weighted by molar-refractivity contribution is 5.92. The first-order valence-electron chi connectivity index (χ1n) is 8.73. The second kappa shape index (κ2) is 9.61. The van der Waals surface area contributed by atoms with Crippen LogP contribution in [0.25, 0.3) is 0 Å². The molecule has 0 spiro atoms. The van der Waals surface area contributed by atoms with Gasteiger partial charge in [-0.15, -0.1) is 0 Å². The summed E-state index contributed by atoms with van der Waals surface area (Å²) in [5, 5.41) is 13.1. The lowest BCUT2D eigenvalue weighted by Gasteiger charge is -2.28. The maximum Gasteiger partial charge on any atom is 0.193 e. The summed E-state index contributed by atoms with van der Waals surface area (Å²) in [6, 6.07) is 8.23. The van der Waals surface area contributed by atoms with E-state index in [9.17, 15) is 5.11 Å². The molecule has 1 aromatic rings. The first-order chi connectivity index (χ1) is 11.6. The third kappa shape index (κ3) is 6.11. The molecule has 0 aromatic heterocycles. The third-order valence-electron chi connectivity index (χ3n) is 4.41. The first kappa shape index (κ1) is 18.7. The van der Waals surface area contributed by atoms with Crippen molar-refractivity contribution in [3.05, 3.63) is 29.8 Å². The molecule has 0 amide bonds. The molecule has 1 fully saturated rings. The number of morpholine rings is 1. The Morgan fingerprint density at radius 1 is 1.33 bits per heavy atom. The van der Waals surface area contributed by atoms with Gasteiger partial charge >= 0.3 is 0 Å². The molecular formula is C18H30N4O2. The molecule has 0 saturated carbocycles. The Bertz CT molecular complexity index is 512. The van der Waals surface area contributed by atoms with Gasteiger partial charge in [-0.05, 0) is 30.0 Å². The van der Waals surface area contributed by atoms with E-state index in [4.69, 9.17) is 10.5 Å². The number of benzene rings is 1. The second-order valence-corrected chi connectivity index (χ2v) is 6.35. The number of nitrogens with one attached hydrogen (secondary N) is 1. The van der Waals surface area contributed by atoms with E-state index in [0.29, 0.717) is 25.0 Å². The summed E-state index contributed by atoms with van der Waals surface area (Å²) in [5.74, 6) is 0.882. The molecule has 0 aliphatic carbocycles. The minimum absolute atomic E-state index is 0.293. The molecule has 1 saturated heterocycles. The molecule has 0 bridgehead atoms. The Balaban J connectivity index is 1.78. The number of hydrogen-bond donors (Lipinski definition) is 3. The Hall–Kier alpha value is -1.63. The number of guanidine groups is 1. The van der Waals surface area contributed by atoms with Crippen LogP contribution in [0.5, 0.6) is 0 Å². The standard InChI is InChI=1S/C18H30N4O2/c1-3-14(2)15-4-6-16(7-5-15)21-18(19)20-12-17(23)13-22-8-10-24-11-9-22/h4-7,14,17,23H,3,8-13H2,1-2H3,(H3,19,20,21). The minimum atomic E-state index is -0.517. The molecule has 6 nitrogen and oxygen atoms in total. The fourth-order valence-corrected chi connectivity index (χ4v) is 2.66. The van der Waals surface area contributed by atoms with Crippen LogP contribution < -0.4 is 11.1 Å². The van der Waals surface area contributed by atoms with E-state index < -0.39 is 6.10 Å². The molecule has 1 heterocycles. The Morgan fingerprint density at radius 3 is 2.62 bits per heavy atom. The van der Waals surface area contributed by atoms with E-state index in [2.05, 4.69) is 41.2 Å². The van der Waals surface area contributed by atoms with E-state index in [1.807, 2.05) is 12.1 Å². The predicted octanol–water partition coefficient (Wildman–Crippen LogP) is 1.62. The number of aliphatic imine (C=N–C) groups is 1. The summed E-state index contributed by atoms with van der Waals surface area (Å²) >= 11 is 0. The summed E-state index contributed by atoms with van der Waals surface area (Å²) in [4.78, 5) is 6.42. The molecule has 134 valence electrons. The number of aliphatic hydroxyl groups is 1. The van der Waals surface area contributed by atoms with Gasteiger partial charge in [-0.1, -0.05) is 26.0 Å². The van der Waals surface area contributed by atoms with Crippen molar-refractivity contribution in [3.8, 4) is 0 Å².